The molecule has 25 heavy (non-hydrogen) atoms. The number of aryl methyl sites for hydroxylation is 2. The molecule has 1 saturated heterocycles. The lowest BCUT2D eigenvalue weighted by molar-refractivity contribution is 0.0956. The molecule has 1 fully saturated rings. The number of hydrogen-bond donors (Lipinski definition) is 1. The lowest BCUT2D eigenvalue weighted by Gasteiger charge is -2.13. The maximum Gasteiger partial charge on any atom is 0.262 e. The van der Waals surface area contributed by atoms with Gasteiger partial charge in [0, 0.05) is 13.1 Å². The van der Waals surface area contributed by atoms with Gasteiger partial charge in [-0.05, 0) is 64.7 Å². The molecule has 0 aromatic carbocycles. The second-order valence-electron chi connectivity index (χ2n) is 6.58. The summed E-state index contributed by atoms with van der Waals surface area (Å²) in [6, 6.07) is 0. The highest BCUT2D eigenvalue weighted by Crippen LogP contribution is 2.26. The fourth-order valence-corrected chi connectivity index (χ4v) is 4.41. The van der Waals surface area contributed by atoms with Gasteiger partial charge in [-0.3, -0.25) is 14.2 Å². The van der Waals surface area contributed by atoms with Crippen LogP contribution in [0.5, 0.6) is 0 Å². The van der Waals surface area contributed by atoms with Crippen molar-refractivity contribution in [1.29, 1.82) is 0 Å². The van der Waals surface area contributed by atoms with Gasteiger partial charge in [0.1, 0.15) is 4.83 Å². The molecular formula is C18H26N4O2S. The van der Waals surface area contributed by atoms with Crippen LogP contribution in [0.2, 0.25) is 0 Å². The molecule has 6 nitrogen and oxygen atoms in total. The van der Waals surface area contributed by atoms with Gasteiger partial charge in [-0.1, -0.05) is 0 Å². The van der Waals surface area contributed by atoms with Crippen LogP contribution in [0.3, 0.4) is 0 Å². The van der Waals surface area contributed by atoms with E-state index < -0.39 is 0 Å². The Balaban J connectivity index is 1.59. The quantitative estimate of drug-likeness (QED) is 0.768. The van der Waals surface area contributed by atoms with Crippen LogP contribution in [-0.4, -0.2) is 46.5 Å². The van der Waals surface area contributed by atoms with Crippen LogP contribution in [-0.2, 0) is 6.54 Å². The van der Waals surface area contributed by atoms with Crippen LogP contribution in [0.4, 0.5) is 0 Å². The highest BCUT2D eigenvalue weighted by molar-refractivity contribution is 7.20. The van der Waals surface area contributed by atoms with Crippen LogP contribution in [0.15, 0.2) is 11.1 Å². The van der Waals surface area contributed by atoms with Crippen LogP contribution in [0.25, 0.3) is 10.2 Å². The molecule has 0 atom stereocenters. The van der Waals surface area contributed by atoms with Gasteiger partial charge in [0.05, 0.1) is 16.6 Å². The van der Waals surface area contributed by atoms with Crippen LogP contribution in [0, 0.1) is 6.92 Å². The third-order valence-electron chi connectivity index (χ3n) is 4.85. The van der Waals surface area contributed by atoms with E-state index in [0.29, 0.717) is 28.2 Å². The first-order valence-corrected chi connectivity index (χ1v) is 9.92. The van der Waals surface area contributed by atoms with Gasteiger partial charge < -0.3 is 10.2 Å². The molecule has 0 spiro atoms. The second-order valence-corrected chi connectivity index (χ2v) is 7.58. The molecule has 2 aromatic heterocycles. The number of rotatable bonds is 7. The highest BCUT2D eigenvalue weighted by Gasteiger charge is 2.19. The molecule has 1 aliphatic rings. The van der Waals surface area contributed by atoms with Gasteiger partial charge in [-0.25, -0.2) is 4.98 Å². The SMILES string of the molecule is CCn1cnc2sc(C(=O)NCCCCN3CCCC3)c(C)c2c1=O. The normalized spacial score (nSPS) is 15.1. The topological polar surface area (TPSA) is 67.2 Å². The van der Waals surface area contributed by atoms with E-state index in [1.54, 1.807) is 10.9 Å². The highest BCUT2D eigenvalue weighted by atomic mass is 32.1. The Morgan fingerprint density at radius 3 is 2.80 bits per heavy atom. The number of fused-ring (bicyclic) bond motifs is 1. The molecular weight excluding hydrogens is 336 g/mol. The third-order valence-corrected chi connectivity index (χ3v) is 6.05. The van der Waals surface area contributed by atoms with Crippen LogP contribution >= 0.6 is 11.3 Å². The zero-order valence-electron chi connectivity index (χ0n) is 15.0. The monoisotopic (exact) mass is 362 g/mol. The summed E-state index contributed by atoms with van der Waals surface area (Å²) in [5.41, 5.74) is 0.681. The Labute approximate surface area is 151 Å². The molecule has 0 saturated carbocycles. The van der Waals surface area contributed by atoms with Gasteiger partial charge >= 0.3 is 0 Å². The average Bonchev–Trinajstić information content (AvgIpc) is 3.23. The van der Waals surface area contributed by atoms with Gasteiger partial charge in [-0.2, -0.15) is 0 Å². The minimum absolute atomic E-state index is 0.0640. The van der Waals surface area contributed by atoms with Crippen molar-refractivity contribution in [3.8, 4) is 0 Å². The Kier molecular flexibility index (Phi) is 5.86. The van der Waals surface area contributed by atoms with E-state index in [1.807, 2.05) is 13.8 Å². The van der Waals surface area contributed by atoms with Crippen molar-refractivity contribution in [2.45, 2.75) is 46.1 Å². The van der Waals surface area contributed by atoms with Crippen molar-refractivity contribution >= 4 is 27.5 Å². The first-order chi connectivity index (χ1) is 12.1. The maximum absolute atomic E-state index is 12.5. The van der Waals surface area contributed by atoms with Crippen molar-refractivity contribution in [1.82, 2.24) is 19.8 Å². The minimum Gasteiger partial charge on any atom is -0.351 e. The predicted molar refractivity (Wildman–Crippen MR) is 102 cm³/mol. The number of hydrogen-bond acceptors (Lipinski definition) is 5. The fraction of sp³-hybridized carbons (Fsp3) is 0.611. The average molecular weight is 362 g/mol. The molecule has 136 valence electrons. The molecule has 0 aliphatic carbocycles. The summed E-state index contributed by atoms with van der Waals surface area (Å²) in [5, 5.41) is 3.57. The van der Waals surface area contributed by atoms with E-state index in [2.05, 4.69) is 15.2 Å². The Bertz CT molecular complexity index is 805. The van der Waals surface area contributed by atoms with Crippen molar-refractivity contribution in [3.63, 3.8) is 0 Å². The molecule has 0 unspecified atom stereocenters. The van der Waals surface area contributed by atoms with Crippen molar-refractivity contribution in [2.75, 3.05) is 26.2 Å². The van der Waals surface area contributed by atoms with Gasteiger partial charge in [0.2, 0.25) is 0 Å². The standard InChI is InChI=1S/C18H26N4O2S/c1-3-22-12-20-17-14(18(22)24)13(2)15(25-17)16(23)19-8-4-5-9-21-10-6-7-11-21/h12H,3-11H2,1-2H3,(H,19,23). The molecule has 2 aromatic rings. The van der Waals surface area contributed by atoms with E-state index in [-0.39, 0.29) is 11.5 Å². The number of amides is 1. The minimum atomic E-state index is -0.0934. The molecule has 0 radical (unpaired) electrons. The summed E-state index contributed by atoms with van der Waals surface area (Å²) in [4.78, 5) is 33.0. The molecule has 0 bridgehead atoms. The number of nitrogens with one attached hydrogen (secondary N) is 1. The van der Waals surface area contributed by atoms with Crippen LogP contribution in [0.1, 0.15) is 47.8 Å². The summed E-state index contributed by atoms with van der Waals surface area (Å²) in [6.45, 7) is 8.56. The fourth-order valence-electron chi connectivity index (χ4n) is 3.35. The van der Waals surface area contributed by atoms with Crippen LogP contribution < -0.4 is 10.9 Å². The molecule has 3 heterocycles. The second kappa shape index (κ2) is 8.10. The van der Waals surface area contributed by atoms with Gasteiger partial charge in [-0.15, -0.1) is 11.3 Å². The van der Waals surface area contributed by atoms with E-state index in [9.17, 15) is 9.59 Å². The van der Waals surface area contributed by atoms with E-state index in [4.69, 9.17) is 0 Å². The number of unbranched alkanes of at least 4 members (excludes halogenated alkanes) is 1. The molecule has 7 heteroatoms. The summed E-state index contributed by atoms with van der Waals surface area (Å²) in [6.07, 6.45) is 6.27. The number of aromatic nitrogens is 2. The molecule has 1 amide bonds. The number of nitrogens with zero attached hydrogens (tertiary/aromatic N) is 3. The molecule has 1 N–H and O–H groups in total. The number of thiophene rings is 1. The van der Waals surface area contributed by atoms with E-state index in [1.165, 1.54) is 37.3 Å². The first-order valence-electron chi connectivity index (χ1n) is 9.11. The van der Waals surface area contributed by atoms with Gasteiger partial charge in [0.25, 0.3) is 11.5 Å². The Morgan fingerprint density at radius 1 is 1.32 bits per heavy atom. The Hall–Kier alpha value is -1.73. The molecule has 1 aliphatic heterocycles. The largest absolute Gasteiger partial charge is 0.351 e. The Morgan fingerprint density at radius 2 is 2.08 bits per heavy atom. The number of carbonyl (C=O) groups excluding carboxylic acids is 1. The summed E-state index contributed by atoms with van der Waals surface area (Å²) in [5.74, 6) is -0.0934. The smallest absolute Gasteiger partial charge is 0.262 e. The van der Waals surface area contributed by atoms with E-state index >= 15 is 0 Å². The lowest BCUT2D eigenvalue weighted by Crippen LogP contribution is -2.26. The van der Waals surface area contributed by atoms with Crippen molar-refractivity contribution in [3.05, 3.63) is 27.1 Å². The summed E-state index contributed by atoms with van der Waals surface area (Å²) >= 11 is 1.30. The number of likely N-dealkylation sites (tertiary alicyclic amines) is 1. The predicted octanol–water partition coefficient (Wildman–Crippen LogP) is 2.39. The summed E-state index contributed by atoms with van der Waals surface area (Å²) in [7, 11) is 0. The van der Waals surface area contributed by atoms with Crippen molar-refractivity contribution < 1.29 is 4.79 Å². The first kappa shape index (κ1) is 18.1. The maximum atomic E-state index is 12.5. The van der Waals surface area contributed by atoms with Crippen molar-refractivity contribution in [2.24, 2.45) is 0 Å². The molecule has 3 rings (SSSR count). The zero-order valence-corrected chi connectivity index (χ0v) is 15.8. The van der Waals surface area contributed by atoms with Gasteiger partial charge in [0.15, 0.2) is 0 Å². The zero-order chi connectivity index (χ0) is 17.8. The van der Waals surface area contributed by atoms with E-state index in [0.717, 1.165) is 24.9 Å². The number of carbonyl (C=O) groups is 1. The third kappa shape index (κ3) is 3.93. The lowest BCUT2D eigenvalue weighted by atomic mass is 10.2. The summed E-state index contributed by atoms with van der Waals surface area (Å²) < 4.78 is 1.57.